The highest BCUT2D eigenvalue weighted by molar-refractivity contribution is 7.91. The van der Waals surface area contributed by atoms with E-state index in [1.165, 1.54) is 12.7 Å². The second-order valence-electron chi connectivity index (χ2n) is 7.53. The van der Waals surface area contributed by atoms with Gasteiger partial charge in [-0.15, -0.1) is 0 Å². The van der Waals surface area contributed by atoms with Crippen LogP contribution < -0.4 is 10.6 Å². The molecule has 2 aromatic heterocycles. The third-order valence-electron chi connectivity index (χ3n) is 5.37. The highest BCUT2D eigenvalue weighted by Crippen LogP contribution is 2.32. The van der Waals surface area contributed by atoms with Crippen LogP contribution in [0.5, 0.6) is 0 Å². The van der Waals surface area contributed by atoms with E-state index in [-0.39, 0.29) is 35.7 Å². The molecule has 4 rings (SSSR count). The van der Waals surface area contributed by atoms with Crippen LogP contribution in [0.2, 0.25) is 0 Å². The van der Waals surface area contributed by atoms with Gasteiger partial charge in [0.05, 0.1) is 23.7 Å². The maximum atomic E-state index is 13.8. The van der Waals surface area contributed by atoms with Crippen LogP contribution >= 0.6 is 0 Å². The van der Waals surface area contributed by atoms with Crippen LogP contribution in [-0.2, 0) is 33.8 Å². The van der Waals surface area contributed by atoms with Crippen LogP contribution in [0.25, 0.3) is 0 Å². The van der Waals surface area contributed by atoms with Crippen LogP contribution in [0.1, 0.15) is 29.1 Å². The molecule has 1 aliphatic heterocycles. The first-order chi connectivity index (χ1) is 13.9. The molecule has 0 fully saturated rings. The third kappa shape index (κ3) is 4.06. The second kappa shape index (κ2) is 7.86. The molecule has 0 bridgehead atoms. The molecular formula is C18H25FN6O3S. The molecule has 29 heavy (non-hydrogen) atoms. The van der Waals surface area contributed by atoms with E-state index >= 15 is 0 Å². The highest BCUT2D eigenvalue weighted by Gasteiger charge is 2.33. The Balaban J connectivity index is 1.56. The van der Waals surface area contributed by atoms with E-state index in [0.29, 0.717) is 18.1 Å². The number of halogens is 1. The van der Waals surface area contributed by atoms with Gasteiger partial charge in [-0.25, -0.2) is 17.8 Å². The summed E-state index contributed by atoms with van der Waals surface area (Å²) in [5.41, 5.74) is 3.87. The molecule has 2 unspecified atom stereocenters. The molecule has 9 nitrogen and oxygen atoms in total. The third-order valence-corrected chi connectivity index (χ3v) is 7.16. The lowest BCUT2D eigenvalue weighted by Crippen LogP contribution is -2.29. The van der Waals surface area contributed by atoms with Crippen molar-refractivity contribution in [2.45, 2.75) is 49.7 Å². The SMILES string of the molecule is COCC(F)CNc1nc(NC2CCc3c(n[nH]c3C)C2)nc2c1S(=O)(=O)CC2. The van der Waals surface area contributed by atoms with Gasteiger partial charge in [-0.1, -0.05) is 0 Å². The fraction of sp³-hybridized carbons (Fsp3) is 0.611. The molecule has 158 valence electrons. The number of ether oxygens (including phenoxy) is 1. The number of methoxy groups -OCH3 is 1. The van der Waals surface area contributed by atoms with Gasteiger partial charge in [-0.2, -0.15) is 10.1 Å². The van der Waals surface area contributed by atoms with Crippen molar-refractivity contribution in [1.29, 1.82) is 0 Å². The van der Waals surface area contributed by atoms with E-state index in [1.807, 2.05) is 6.92 Å². The number of nitrogens with zero attached hydrogens (tertiary/aromatic N) is 3. The van der Waals surface area contributed by atoms with Crippen molar-refractivity contribution >= 4 is 21.6 Å². The largest absolute Gasteiger partial charge is 0.382 e. The Morgan fingerprint density at radius 3 is 2.93 bits per heavy atom. The normalized spacial score (nSPS) is 20.7. The first-order valence-electron chi connectivity index (χ1n) is 9.67. The van der Waals surface area contributed by atoms with E-state index < -0.39 is 16.0 Å². The van der Waals surface area contributed by atoms with E-state index in [2.05, 4.69) is 30.8 Å². The maximum absolute atomic E-state index is 13.8. The first-order valence-corrected chi connectivity index (χ1v) is 11.3. The molecule has 0 spiro atoms. The standard InChI is InChI=1S/C18H25FN6O3S/c1-10-13-4-3-12(7-15(13)25-24-10)21-18-22-14-5-6-29(26,27)16(14)17(23-18)20-8-11(19)9-28-2/h11-12H,3-9H2,1-2H3,(H,24,25)(H2,20,21,22,23). The molecule has 0 saturated heterocycles. The first kappa shape index (κ1) is 20.0. The Bertz CT molecular complexity index is 1010. The molecule has 0 aromatic carbocycles. The summed E-state index contributed by atoms with van der Waals surface area (Å²) in [6, 6.07) is 0.0940. The number of rotatable bonds is 7. The van der Waals surface area contributed by atoms with Crippen molar-refractivity contribution < 1.29 is 17.5 Å². The minimum absolute atomic E-state index is 0.00833. The Labute approximate surface area is 168 Å². The van der Waals surface area contributed by atoms with Gasteiger partial charge >= 0.3 is 0 Å². The zero-order valence-electron chi connectivity index (χ0n) is 16.5. The zero-order chi connectivity index (χ0) is 20.6. The predicted molar refractivity (Wildman–Crippen MR) is 106 cm³/mol. The average Bonchev–Trinajstić information content (AvgIpc) is 3.19. The Morgan fingerprint density at radius 1 is 1.31 bits per heavy atom. The Morgan fingerprint density at radius 2 is 2.14 bits per heavy atom. The number of aryl methyl sites for hydroxylation is 2. The number of anilines is 2. The summed E-state index contributed by atoms with van der Waals surface area (Å²) in [6.07, 6.45) is 1.59. The maximum Gasteiger partial charge on any atom is 0.225 e. The van der Waals surface area contributed by atoms with E-state index in [9.17, 15) is 12.8 Å². The number of hydrogen-bond donors (Lipinski definition) is 3. The van der Waals surface area contributed by atoms with Crippen molar-refractivity contribution in [3.8, 4) is 0 Å². The van der Waals surface area contributed by atoms with Gasteiger partial charge in [-0.3, -0.25) is 5.10 Å². The molecule has 0 amide bonds. The number of aromatic nitrogens is 4. The average molecular weight is 425 g/mol. The number of aromatic amines is 1. The fourth-order valence-corrected chi connectivity index (χ4v) is 5.51. The lowest BCUT2D eigenvalue weighted by atomic mass is 9.92. The number of alkyl halides is 1. The number of nitrogens with one attached hydrogen (secondary N) is 3. The minimum atomic E-state index is -3.47. The van der Waals surface area contributed by atoms with Gasteiger partial charge in [0, 0.05) is 38.2 Å². The van der Waals surface area contributed by atoms with Gasteiger partial charge in [0.2, 0.25) is 5.95 Å². The number of fused-ring (bicyclic) bond motifs is 2. The fourth-order valence-electron chi connectivity index (χ4n) is 3.92. The molecule has 3 heterocycles. The smallest absolute Gasteiger partial charge is 0.225 e. The highest BCUT2D eigenvalue weighted by atomic mass is 32.2. The van der Waals surface area contributed by atoms with Crippen LogP contribution in [0, 0.1) is 6.92 Å². The summed E-state index contributed by atoms with van der Waals surface area (Å²) < 4.78 is 43.5. The summed E-state index contributed by atoms with van der Waals surface area (Å²) in [5, 5.41) is 13.5. The second-order valence-corrected chi connectivity index (χ2v) is 9.58. The van der Waals surface area contributed by atoms with E-state index in [4.69, 9.17) is 4.74 Å². The molecule has 2 aliphatic rings. The zero-order valence-corrected chi connectivity index (χ0v) is 17.3. The van der Waals surface area contributed by atoms with Crippen molar-refractivity contribution in [1.82, 2.24) is 20.2 Å². The van der Waals surface area contributed by atoms with Gasteiger partial charge in [0.15, 0.2) is 15.7 Å². The summed E-state index contributed by atoms with van der Waals surface area (Å²) in [6.45, 7) is 1.85. The molecule has 0 saturated carbocycles. The van der Waals surface area contributed by atoms with Gasteiger partial charge in [-0.05, 0) is 25.3 Å². The van der Waals surface area contributed by atoms with Crippen molar-refractivity contribution in [3.63, 3.8) is 0 Å². The van der Waals surface area contributed by atoms with Crippen molar-refractivity contribution in [3.05, 3.63) is 22.6 Å². The Kier molecular flexibility index (Phi) is 5.43. The predicted octanol–water partition coefficient (Wildman–Crippen LogP) is 1.20. The number of sulfone groups is 1. The van der Waals surface area contributed by atoms with Crippen LogP contribution in [0.3, 0.4) is 0 Å². The lowest BCUT2D eigenvalue weighted by Gasteiger charge is -2.23. The molecule has 2 atom stereocenters. The molecule has 2 aromatic rings. The van der Waals surface area contributed by atoms with Crippen LogP contribution in [-0.4, -0.2) is 66.8 Å². The molecular weight excluding hydrogens is 399 g/mol. The van der Waals surface area contributed by atoms with Gasteiger partial charge in [0.25, 0.3) is 0 Å². The quantitative estimate of drug-likeness (QED) is 0.606. The van der Waals surface area contributed by atoms with E-state index in [0.717, 1.165) is 30.7 Å². The lowest BCUT2D eigenvalue weighted by molar-refractivity contribution is 0.130. The van der Waals surface area contributed by atoms with E-state index in [1.54, 1.807) is 0 Å². The van der Waals surface area contributed by atoms with Gasteiger partial charge in [0.1, 0.15) is 11.1 Å². The van der Waals surface area contributed by atoms with Crippen molar-refractivity contribution in [2.75, 3.05) is 36.6 Å². The monoisotopic (exact) mass is 424 g/mol. The summed E-state index contributed by atoms with van der Waals surface area (Å²) >= 11 is 0. The summed E-state index contributed by atoms with van der Waals surface area (Å²) in [7, 11) is -2.05. The Hall–Kier alpha value is -2.27. The van der Waals surface area contributed by atoms with Crippen LogP contribution in [0.4, 0.5) is 16.2 Å². The number of hydrogen-bond acceptors (Lipinski definition) is 8. The van der Waals surface area contributed by atoms with Crippen LogP contribution in [0.15, 0.2) is 4.90 Å². The summed E-state index contributed by atoms with van der Waals surface area (Å²) in [5.74, 6) is 0.498. The molecule has 11 heteroatoms. The minimum Gasteiger partial charge on any atom is -0.382 e. The number of H-pyrrole nitrogens is 1. The molecule has 1 aliphatic carbocycles. The van der Waals surface area contributed by atoms with Crippen molar-refractivity contribution in [2.24, 2.45) is 0 Å². The molecule has 3 N–H and O–H groups in total. The van der Waals surface area contributed by atoms with Gasteiger partial charge < -0.3 is 15.4 Å². The topological polar surface area (TPSA) is 122 Å². The summed E-state index contributed by atoms with van der Waals surface area (Å²) in [4.78, 5) is 8.90. The molecule has 0 radical (unpaired) electrons.